The topological polar surface area (TPSA) is 47.6 Å². The van der Waals surface area contributed by atoms with Crippen molar-refractivity contribution in [1.29, 1.82) is 0 Å². The van der Waals surface area contributed by atoms with Gasteiger partial charge in [0.2, 0.25) is 0 Å². The van der Waals surface area contributed by atoms with E-state index >= 15 is 0 Å². The summed E-state index contributed by atoms with van der Waals surface area (Å²) in [5.41, 5.74) is 1.60. The number of nitrogens with one attached hydrogen (secondary N) is 1. The predicted molar refractivity (Wildman–Crippen MR) is 53.0 cm³/mol. The van der Waals surface area contributed by atoms with Gasteiger partial charge in [0, 0.05) is 5.69 Å². The summed E-state index contributed by atoms with van der Waals surface area (Å²) in [6, 6.07) is 7.09. The number of methoxy groups -OCH3 is 1. The molecule has 0 aliphatic carbocycles. The SMILES string of the molecule is [B]OCc1ccc(NC(=O)OC)cc1. The van der Waals surface area contributed by atoms with Crippen LogP contribution in [0.25, 0.3) is 0 Å². The average molecular weight is 191 g/mol. The van der Waals surface area contributed by atoms with Crippen LogP contribution in [0.1, 0.15) is 5.56 Å². The molecular weight excluding hydrogens is 181 g/mol. The third kappa shape index (κ3) is 3.10. The summed E-state index contributed by atoms with van der Waals surface area (Å²) in [7, 11) is 6.22. The van der Waals surface area contributed by atoms with Crippen LogP contribution >= 0.6 is 0 Å². The number of hydrogen-bond donors (Lipinski definition) is 1. The molecule has 0 saturated carbocycles. The first kappa shape index (κ1) is 10.6. The van der Waals surface area contributed by atoms with Gasteiger partial charge in [-0.15, -0.1) is 0 Å². The molecule has 1 rings (SSSR count). The normalized spacial score (nSPS) is 9.50. The van der Waals surface area contributed by atoms with Crippen LogP contribution in [-0.4, -0.2) is 21.3 Å². The minimum absolute atomic E-state index is 0.346. The molecule has 0 aromatic heterocycles. The Bertz CT molecular complexity index is 299. The number of ether oxygens (including phenoxy) is 1. The molecule has 0 aliphatic heterocycles. The number of amides is 1. The molecule has 1 N–H and O–H groups in total. The van der Waals surface area contributed by atoms with Crippen LogP contribution in [0.15, 0.2) is 24.3 Å². The zero-order valence-electron chi connectivity index (χ0n) is 7.82. The highest BCUT2D eigenvalue weighted by Crippen LogP contribution is 2.10. The minimum atomic E-state index is -0.493. The Balaban J connectivity index is 2.59. The fraction of sp³-hybridized carbons (Fsp3) is 0.222. The lowest BCUT2D eigenvalue weighted by molar-refractivity contribution is 0.187. The van der Waals surface area contributed by atoms with Crippen molar-refractivity contribution in [3.05, 3.63) is 29.8 Å². The van der Waals surface area contributed by atoms with Gasteiger partial charge in [0.05, 0.1) is 13.7 Å². The first-order chi connectivity index (χ1) is 6.76. The number of hydrogen-bond acceptors (Lipinski definition) is 3. The first-order valence-corrected chi connectivity index (χ1v) is 4.02. The molecule has 0 spiro atoms. The van der Waals surface area contributed by atoms with E-state index in [1.54, 1.807) is 24.3 Å². The molecular formula is C9H10BNO3. The van der Waals surface area contributed by atoms with Crippen LogP contribution in [0.4, 0.5) is 10.5 Å². The standard InChI is InChI=1S/C9H10BNO3/c1-13-9(12)11-8-4-2-7(3-5-8)6-14-10/h2-5H,6H2,1H3,(H,11,12). The van der Waals surface area contributed by atoms with E-state index in [4.69, 9.17) is 8.05 Å². The molecule has 1 aromatic rings. The quantitative estimate of drug-likeness (QED) is 0.735. The minimum Gasteiger partial charge on any atom is -0.453 e. The Kier molecular flexibility index (Phi) is 4.00. The van der Waals surface area contributed by atoms with Crippen molar-refractivity contribution in [2.24, 2.45) is 0 Å². The highest BCUT2D eigenvalue weighted by molar-refractivity contribution is 5.97. The van der Waals surface area contributed by atoms with E-state index < -0.39 is 6.09 Å². The molecule has 0 unspecified atom stereocenters. The van der Waals surface area contributed by atoms with E-state index in [0.29, 0.717) is 12.3 Å². The second-order valence-electron chi connectivity index (χ2n) is 2.62. The maximum absolute atomic E-state index is 10.8. The van der Waals surface area contributed by atoms with Crippen LogP contribution < -0.4 is 5.32 Å². The van der Waals surface area contributed by atoms with E-state index in [-0.39, 0.29) is 0 Å². The summed E-state index contributed by atoms with van der Waals surface area (Å²) < 4.78 is 8.90. The second-order valence-corrected chi connectivity index (χ2v) is 2.62. The molecule has 1 aromatic carbocycles. The van der Waals surface area contributed by atoms with Gasteiger partial charge in [0.15, 0.2) is 0 Å². The van der Waals surface area contributed by atoms with Crippen molar-refractivity contribution in [3.8, 4) is 0 Å². The van der Waals surface area contributed by atoms with Crippen LogP contribution in [0.5, 0.6) is 0 Å². The molecule has 72 valence electrons. The molecule has 0 bridgehead atoms. The molecule has 5 heteroatoms. The zero-order valence-corrected chi connectivity index (χ0v) is 7.82. The van der Waals surface area contributed by atoms with Gasteiger partial charge in [-0.25, -0.2) is 4.79 Å². The zero-order chi connectivity index (χ0) is 10.4. The van der Waals surface area contributed by atoms with Crippen molar-refractivity contribution in [1.82, 2.24) is 0 Å². The summed E-state index contributed by atoms with van der Waals surface area (Å²) in [6.45, 7) is 0.346. The predicted octanol–water partition coefficient (Wildman–Crippen LogP) is 1.46. The summed E-state index contributed by atoms with van der Waals surface area (Å²) >= 11 is 0. The number of rotatable bonds is 3. The highest BCUT2D eigenvalue weighted by atomic mass is 16.5. The van der Waals surface area contributed by atoms with Gasteiger partial charge in [-0.05, 0) is 17.7 Å². The van der Waals surface area contributed by atoms with Crippen LogP contribution in [0.2, 0.25) is 0 Å². The lowest BCUT2D eigenvalue weighted by Crippen LogP contribution is -2.10. The van der Waals surface area contributed by atoms with Crippen molar-refractivity contribution < 1.29 is 14.2 Å². The Hall–Kier alpha value is -1.49. The smallest absolute Gasteiger partial charge is 0.411 e. The van der Waals surface area contributed by atoms with E-state index in [9.17, 15) is 4.79 Å². The Labute approximate surface area is 83.7 Å². The molecule has 0 heterocycles. The Morgan fingerprint density at radius 2 is 2.07 bits per heavy atom. The summed E-state index contributed by atoms with van der Waals surface area (Å²) in [6.07, 6.45) is -0.493. The van der Waals surface area contributed by atoms with E-state index in [1.807, 2.05) is 0 Å². The Morgan fingerprint density at radius 1 is 1.43 bits per heavy atom. The summed E-state index contributed by atoms with van der Waals surface area (Å²) in [5, 5.41) is 2.53. The molecule has 1 amide bonds. The third-order valence-electron chi connectivity index (χ3n) is 1.64. The fourth-order valence-corrected chi connectivity index (χ4v) is 0.949. The Morgan fingerprint density at radius 3 is 2.57 bits per heavy atom. The van der Waals surface area contributed by atoms with Crippen LogP contribution in [0, 0.1) is 0 Å². The van der Waals surface area contributed by atoms with Crippen molar-refractivity contribution >= 4 is 19.8 Å². The van der Waals surface area contributed by atoms with Crippen LogP contribution in [0.3, 0.4) is 0 Å². The van der Waals surface area contributed by atoms with Gasteiger partial charge < -0.3 is 9.39 Å². The average Bonchev–Trinajstić information content (AvgIpc) is 2.21. The molecule has 0 atom stereocenters. The molecule has 0 aliphatic rings. The summed E-state index contributed by atoms with van der Waals surface area (Å²) in [5.74, 6) is 0. The highest BCUT2D eigenvalue weighted by Gasteiger charge is 1.99. The maximum Gasteiger partial charge on any atom is 0.411 e. The van der Waals surface area contributed by atoms with Crippen molar-refractivity contribution in [2.75, 3.05) is 12.4 Å². The molecule has 0 fully saturated rings. The van der Waals surface area contributed by atoms with E-state index in [2.05, 4.69) is 14.7 Å². The largest absolute Gasteiger partial charge is 0.453 e. The summed E-state index contributed by atoms with van der Waals surface area (Å²) in [4.78, 5) is 10.8. The van der Waals surface area contributed by atoms with Gasteiger partial charge in [0.25, 0.3) is 8.05 Å². The van der Waals surface area contributed by atoms with Gasteiger partial charge in [-0.1, -0.05) is 12.1 Å². The molecule has 0 saturated heterocycles. The van der Waals surface area contributed by atoms with E-state index in [1.165, 1.54) is 7.11 Å². The van der Waals surface area contributed by atoms with E-state index in [0.717, 1.165) is 5.56 Å². The van der Waals surface area contributed by atoms with Gasteiger partial charge >= 0.3 is 6.09 Å². The second kappa shape index (κ2) is 5.29. The first-order valence-electron chi connectivity index (χ1n) is 4.02. The van der Waals surface area contributed by atoms with Gasteiger partial charge in [0.1, 0.15) is 0 Å². The van der Waals surface area contributed by atoms with Crippen LogP contribution in [-0.2, 0) is 16.0 Å². The number of anilines is 1. The lowest BCUT2D eigenvalue weighted by atomic mass is 10.2. The maximum atomic E-state index is 10.8. The number of carbonyl (C=O) groups excluding carboxylic acids is 1. The lowest BCUT2D eigenvalue weighted by Gasteiger charge is -2.04. The molecule has 14 heavy (non-hydrogen) atoms. The third-order valence-corrected chi connectivity index (χ3v) is 1.64. The molecule has 2 radical (unpaired) electrons. The number of carbonyl (C=O) groups is 1. The van der Waals surface area contributed by atoms with Gasteiger partial charge in [-0.3, -0.25) is 5.32 Å². The van der Waals surface area contributed by atoms with Gasteiger partial charge in [-0.2, -0.15) is 0 Å². The number of benzene rings is 1. The fourth-order valence-electron chi connectivity index (χ4n) is 0.949. The monoisotopic (exact) mass is 191 g/mol. The van der Waals surface area contributed by atoms with Crippen molar-refractivity contribution in [2.45, 2.75) is 6.61 Å². The van der Waals surface area contributed by atoms with Crippen molar-refractivity contribution in [3.63, 3.8) is 0 Å². The molecule has 4 nitrogen and oxygen atoms in total.